The van der Waals surface area contributed by atoms with E-state index in [2.05, 4.69) is 5.32 Å². The van der Waals surface area contributed by atoms with Crippen LogP contribution in [0.15, 0.2) is 76.6 Å². The lowest BCUT2D eigenvalue weighted by molar-refractivity contribution is -0.384. The second-order valence-corrected chi connectivity index (χ2v) is 12.6. The number of hydrogen-bond acceptors (Lipinski definition) is 8. The average Bonchev–Trinajstić information content (AvgIpc) is 3.41. The molecule has 218 valence electrons. The maximum absolute atomic E-state index is 13.9. The van der Waals surface area contributed by atoms with E-state index in [0.29, 0.717) is 26.2 Å². The van der Waals surface area contributed by atoms with Crippen LogP contribution in [0.3, 0.4) is 0 Å². The maximum Gasteiger partial charge on any atom is 0.308 e. The summed E-state index contributed by atoms with van der Waals surface area (Å²) in [7, 11) is 0. The van der Waals surface area contributed by atoms with Gasteiger partial charge in [0.05, 0.1) is 31.6 Å². The summed E-state index contributed by atoms with van der Waals surface area (Å²) in [6, 6.07) is 15.0. The molecule has 3 heterocycles. The van der Waals surface area contributed by atoms with Gasteiger partial charge in [0.25, 0.3) is 5.69 Å². The van der Waals surface area contributed by atoms with E-state index in [4.69, 9.17) is 23.2 Å². The number of carbonyl (C=O) groups is 3. The fraction of sp³-hybridized carbons (Fsp3) is 0.143. The van der Waals surface area contributed by atoms with Gasteiger partial charge in [0.2, 0.25) is 17.7 Å². The highest BCUT2D eigenvalue weighted by atomic mass is 35.5. The van der Waals surface area contributed by atoms with Crippen LogP contribution in [0.4, 0.5) is 21.5 Å². The van der Waals surface area contributed by atoms with Crippen molar-refractivity contribution >= 4 is 81.1 Å². The van der Waals surface area contributed by atoms with Crippen LogP contribution in [0.2, 0.25) is 10.0 Å². The molecule has 0 aliphatic carbocycles. The van der Waals surface area contributed by atoms with Crippen LogP contribution in [-0.2, 0) is 20.9 Å². The molecule has 1 fully saturated rings. The first-order valence-electron chi connectivity index (χ1n) is 12.6. The third-order valence-corrected chi connectivity index (χ3v) is 10.4. The Hall–Kier alpha value is -4.04. The largest absolute Gasteiger partial charge is 0.324 e. The summed E-state index contributed by atoms with van der Waals surface area (Å²) in [4.78, 5) is 65.4. The lowest BCUT2D eigenvalue weighted by Gasteiger charge is -2.30. The number of imide groups is 1. The fourth-order valence-electron chi connectivity index (χ4n) is 5.18. The van der Waals surface area contributed by atoms with Crippen LogP contribution >= 0.6 is 46.3 Å². The number of anilines is 2. The smallest absolute Gasteiger partial charge is 0.308 e. The van der Waals surface area contributed by atoms with E-state index in [1.54, 1.807) is 6.07 Å². The van der Waals surface area contributed by atoms with Crippen LogP contribution in [0, 0.1) is 21.8 Å². The molecule has 0 radical (unpaired) electrons. The second kappa shape index (κ2) is 11.2. The summed E-state index contributed by atoms with van der Waals surface area (Å²) < 4.78 is 15.1. The van der Waals surface area contributed by atoms with E-state index < -0.39 is 50.4 Å². The van der Waals surface area contributed by atoms with Crippen LogP contribution in [0.25, 0.3) is 0 Å². The molecule has 0 saturated carbocycles. The molecule has 2 aliphatic rings. The summed E-state index contributed by atoms with van der Waals surface area (Å²) >= 11 is 13.8. The van der Waals surface area contributed by atoms with Gasteiger partial charge in [-0.25, -0.2) is 9.29 Å². The van der Waals surface area contributed by atoms with Gasteiger partial charge in [-0.3, -0.25) is 33.9 Å². The van der Waals surface area contributed by atoms with E-state index in [1.807, 2.05) is 0 Å². The highest BCUT2D eigenvalue weighted by Gasteiger charge is 2.56. The molecule has 0 bridgehead atoms. The lowest BCUT2D eigenvalue weighted by Crippen LogP contribution is -2.33. The highest BCUT2D eigenvalue weighted by Crippen LogP contribution is 2.54. The van der Waals surface area contributed by atoms with Crippen LogP contribution in [0.1, 0.15) is 16.4 Å². The van der Waals surface area contributed by atoms with Crippen molar-refractivity contribution in [1.29, 1.82) is 0 Å². The molecule has 0 spiro atoms. The summed E-state index contributed by atoms with van der Waals surface area (Å²) in [6.45, 7) is -0.389. The molecule has 43 heavy (non-hydrogen) atoms. The molecule has 2 aliphatic heterocycles. The fourth-order valence-corrected chi connectivity index (χ4v) is 8.25. The van der Waals surface area contributed by atoms with Gasteiger partial charge in [-0.05, 0) is 48.0 Å². The topological polar surface area (TPSA) is 132 Å². The molecule has 4 aromatic rings. The molecular weight excluding hydrogens is 642 g/mol. The van der Waals surface area contributed by atoms with E-state index >= 15 is 0 Å². The van der Waals surface area contributed by atoms with Crippen molar-refractivity contribution in [3.63, 3.8) is 0 Å². The third kappa shape index (κ3) is 5.22. The minimum absolute atomic E-state index is 0.162. The van der Waals surface area contributed by atoms with Crippen molar-refractivity contribution in [2.75, 3.05) is 10.2 Å². The third-order valence-electron chi connectivity index (χ3n) is 7.10. The average molecular weight is 660 g/mol. The molecule has 1 N–H and O–H groups in total. The predicted octanol–water partition coefficient (Wildman–Crippen LogP) is 5.70. The normalized spacial score (nSPS) is 19.2. The number of fused-ring (bicyclic) bond motifs is 2. The standard InChI is InChI=1S/C28H17Cl2FN4O6S2/c29-18-10-5-15(11-19(18)30)32-20(36)12-33-27-24(43-28(33)39)21(13-1-3-14(31)4-2-13)22-23(42-27)26(38)34(25(22)37)16-6-8-17(9-7-16)35(40)41/h1-11,21-23H,12H2,(H,32,36). The maximum atomic E-state index is 13.9. The first kappa shape index (κ1) is 29.1. The Balaban J connectivity index is 1.39. The molecular formula is C28H17Cl2FN4O6S2. The molecule has 1 saturated heterocycles. The quantitative estimate of drug-likeness (QED) is 0.160. The first-order valence-corrected chi connectivity index (χ1v) is 15.0. The summed E-state index contributed by atoms with van der Waals surface area (Å²) in [5.74, 6) is -3.92. The number of hydrogen-bond donors (Lipinski definition) is 1. The van der Waals surface area contributed by atoms with Crippen LogP contribution in [-0.4, -0.2) is 32.5 Å². The highest BCUT2D eigenvalue weighted by molar-refractivity contribution is 8.00. The van der Waals surface area contributed by atoms with E-state index in [-0.39, 0.29) is 22.9 Å². The number of aromatic nitrogens is 1. The van der Waals surface area contributed by atoms with Crippen molar-refractivity contribution in [3.8, 4) is 0 Å². The number of amides is 3. The Kier molecular flexibility index (Phi) is 7.59. The molecule has 3 amide bonds. The molecule has 3 unspecified atom stereocenters. The van der Waals surface area contributed by atoms with Gasteiger partial charge in [-0.1, -0.05) is 58.4 Å². The zero-order valence-corrected chi connectivity index (χ0v) is 24.7. The molecule has 1 aromatic heterocycles. The number of rotatable bonds is 6. The number of benzene rings is 3. The van der Waals surface area contributed by atoms with Gasteiger partial charge < -0.3 is 5.32 Å². The van der Waals surface area contributed by atoms with E-state index in [1.165, 1.54) is 65.2 Å². The number of carbonyl (C=O) groups excluding carboxylic acids is 3. The molecule has 3 atom stereocenters. The van der Waals surface area contributed by atoms with Gasteiger partial charge in [-0.2, -0.15) is 0 Å². The molecule has 3 aromatic carbocycles. The molecule has 10 nitrogen and oxygen atoms in total. The SMILES string of the molecule is O=C(Cn1c2c(sc1=O)C(c1ccc(F)cc1)C1C(=O)N(c3ccc([N+](=O)[O-])cc3)C(=O)C1S2)Nc1ccc(Cl)c(Cl)c1. The lowest BCUT2D eigenvalue weighted by atomic mass is 9.83. The molecule has 15 heteroatoms. The number of nitro groups is 1. The van der Waals surface area contributed by atoms with Crippen molar-refractivity contribution in [1.82, 2.24) is 4.57 Å². The van der Waals surface area contributed by atoms with Crippen molar-refractivity contribution in [2.24, 2.45) is 5.92 Å². The number of halogens is 3. The van der Waals surface area contributed by atoms with Crippen molar-refractivity contribution in [3.05, 3.63) is 113 Å². The number of nitrogens with one attached hydrogen (secondary N) is 1. The van der Waals surface area contributed by atoms with Gasteiger partial charge in [0, 0.05) is 28.6 Å². The summed E-state index contributed by atoms with van der Waals surface area (Å²) in [5, 5.41) is 13.7. The van der Waals surface area contributed by atoms with Crippen LogP contribution < -0.4 is 15.1 Å². The summed E-state index contributed by atoms with van der Waals surface area (Å²) in [6.07, 6.45) is 0. The van der Waals surface area contributed by atoms with Gasteiger partial charge in [0.1, 0.15) is 17.6 Å². The Bertz CT molecular complexity index is 1880. The van der Waals surface area contributed by atoms with E-state index in [9.17, 15) is 33.7 Å². The number of nitro benzene ring substituents is 1. The van der Waals surface area contributed by atoms with Gasteiger partial charge >= 0.3 is 4.87 Å². The number of nitrogens with zero attached hydrogens (tertiary/aromatic N) is 3. The number of thiazole rings is 1. The van der Waals surface area contributed by atoms with Crippen molar-refractivity contribution < 1.29 is 23.7 Å². The number of non-ortho nitro benzene ring substituents is 1. The zero-order chi connectivity index (χ0) is 30.6. The van der Waals surface area contributed by atoms with Gasteiger partial charge in [-0.15, -0.1) is 0 Å². The minimum atomic E-state index is -0.983. The minimum Gasteiger partial charge on any atom is -0.324 e. The zero-order valence-electron chi connectivity index (χ0n) is 21.5. The Morgan fingerprint density at radius 2 is 1.67 bits per heavy atom. The van der Waals surface area contributed by atoms with Crippen LogP contribution in [0.5, 0.6) is 0 Å². The Morgan fingerprint density at radius 3 is 2.33 bits per heavy atom. The second-order valence-electron chi connectivity index (χ2n) is 9.68. The van der Waals surface area contributed by atoms with Gasteiger partial charge in [0.15, 0.2) is 0 Å². The Labute approximate surface area is 260 Å². The number of thioether (sulfide) groups is 1. The molecule has 6 rings (SSSR count). The first-order chi connectivity index (χ1) is 20.5. The predicted molar refractivity (Wildman–Crippen MR) is 161 cm³/mol. The monoisotopic (exact) mass is 658 g/mol. The van der Waals surface area contributed by atoms with E-state index in [0.717, 1.165) is 28.0 Å². The summed E-state index contributed by atoms with van der Waals surface area (Å²) in [5.41, 5.74) is 0.835. The Morgan fingerprint density at radius 1 is 0.977 bits per heavy atom. The van der Waals surface area contributed by atoms with Crippen molar-refractivity contribution in [2.45, 2.75) is 22.7 Å².